The van der Waals surface area contributed by atoms with E-state index in [1.165, 1.54) is 0 Å². The van der Waals surface area contributed by atoms with E-state index in [2.05, 4.69) is 22.9 Å². The zero-order valence-corrected chi connectivity index (χ0v) is 16.8. The zero-order valence-electron chi connectivity index (χ0n) is 14.4. The van der Waals surface area contributed by atoms with Crippen LogP contribution in [-0.4, -0.2) is 38.3 Å². The van der Waals surface area contributed by atoms with Gasteiger partial charge in [-0.25, -0.2) is 8.42 Å². The number of fused-ring (bicyclic) bond motifs is 1. The van der Waals surface area contributed by atoms with Gasteiger partial charge in [0, 0.05) is 35.7 Å². The first kappa shape index (κ1) is 17.5. The fourth-order valence-electron chi connectivity index (χ4n) is 3.87. The van der Waals surface area contributed by atoms with E-state index in [1.54, 1.807) is 15.3 Å². The largest absolute Gasteiger partial charge is 0.312 e. The molecule has 1 saturated carbocycles. The predicted molar refractivity (Wildman–Crippen MR) is 100 cm³/mol. The average Bonchev–Trinajstić information content (AvgIpc) is 3.34. The molecule has 2 aliphatic heterocycles. The number of sulfonamides is 1. The van der Waals surface area contributed by atoms with Crippen molar-refractivity contribution < 1.29 is 13.2 Å². The Hall–Kier alpha value is -0.920. The summed E-state index contributed by atoms with van der Waals surface area (Å²) in [6, 6.07) is 3.59. The molecule has 1 saturated heterocycles. The highest BCUT2D eigenvalue weighted by molar-refractivity contribution is 9.10. The van der Waals surface area contributed by atoms with Crippen LogP contribution in [-0.2, 0) is 21.2 Å². The van der Waals surface area contributed by atoms with Crippen LogP contribution in [0.3, 0.4) is 0 Å². The van der Waals surface area contributed by atoms with Crippen molar-refractivity contribution in [1.29, 1.82) is 0 Å². The molecule has 0 radical (unpaired) electrons. The van der Waals surface area contributed by atoms with Gasteiger partial charge in [-0.3, -0.25) is 4.79 Å². The number of carbonyl (C=O) groups is 1. The van der Waals surface area contributed by atoms with Gasteiger partial charge >= 0.3 is 0 Å². The Bertz CT molecular complexity index is 820. The number of halogens is 1. The van der Waals surface area contributed by atoms with Crippen molar-refractivity contribution in [1.82, 2.24) is 4.31 Å². The van der Waals surface area contributed by atoms with Crippen LogP contribution in [0, 0.1) is 11.8 Å². The van der Waals surface area contributed by atoms with Gasteiger partial charge in [-0.1, -0.05) is 6.92 Å². The molecule has 1 aliphatic carbocycles. The molecule has 3 aliphatic rings. The lowest BCUT2D eigenvalue weighted by Gasteiger charge is -2.30. The molecule has 0 N–H and O–H groups in total. The number of rotatable bonds is 3. The molecule has 1 aromatic rings. The zero-order chi connectivity index (χ0) is 17.8. The number of hydrogen-bond donors (Lipinski definition) is 0. The molecule has 0 spiro atoms. The van der Waals surface area contributed by atoms with Crippen molar-refractivity contribution in [2.75, 3.05) is 24.5 Å². The molecule has 5 nitrogen and oxygen atoms in total. The van der Waals surface area contributed by atoms with Crippen molar-refractivity contribution in [3.63, 3.8) is 0 Å². The van der Waals surface area contributed by atoms with Gasteiger partial charge in [0.15, 0.2) is 0 Å². The molecule has 1 atom stereocenters. The van der Waals surface area contributed by atoms with Gasteiger partial charge in [0.25, 0.3) is 0 Å². The van der Waals surface area contributed by atoms with Gasteiger partial charge in [-0.15, -0.1) is 0 Å². The first-order valence-electron chi connectivity index (χ1n) is 9.02. The summed E-state index contributed by atoms with van der Waals surface area (Å²) in [5.41, 5.74) is 1.83. The van der Waals surface area contributed by atoms with Crippen LogP contribution in [0.4, 0.5) is 5.69 Å². The fraction of sp³-hybridized carbons (Fsp3) is 0.611. The van der Waals surface area contributed by atoms with Crippen LogP contribution in [0.25, 0.3) is 0 Å². The molecule has 7 heteroatoms. The Kier molecular flexibility index (Phi) is 4.45. The van der Waals surface area contributed by atoms with Crippen LogP contribution < -0.4 is 4.90 Å². The second-order valence-electron chi connectivity index (χ2n) is 7.54. The van der Waals surface area contributed by atoms with Gasteiger partial charge in [0.1, 0.15) is 0 Å². The highest BCUT2D eigenvalue weighted by atomic mass is 79.9. The lowest BCUT2D eigenvalue weighted by atomic mass is 10.0. The lowest BCUT2D eigenvalue weighted by molar-refractivity contribution is -0.119. The number of anilines is 1. The SMILES string of the molecule is C[C@H]1CCCN(S(=O)(=O)c2cc3c(cc2Br)CCN3C(=O)C2CC2)C1. The second kappa shape index (κ2) is 6.35. The van der Waals surface area contributed by atoms with E-state index in [1.807, 2.05) is 6.07 Å². The fourth-order valence-corrected chi connectivity index (χ4v) is 6.54. The summed E-state index contributed by atoms with van der Waals surface area (Å²) in [6.45, 7) is 3.88. The molecule has 136 valence electrons. The standard InChI is InChI=1S/C18H23BrN2O3S/c1-12-3-2-7-20(11-12)25(23,24)17-10-16-14(9-15(17)19)6-8-21(16)18(22)13-4-5-13/h9-10,12-13H,2-8,11H2,1H3/t12-/m0/s1. The first-order valence-corrected chi connectivity index (χ1v) is 11.2. The van der Waals surface area contributed by atoms with Gasteiger partial charge in [0.2, 0.25) is 15.9 Å². The third-order valence-corrected chi connectivity index (χ3v) is 8.28. The molecule has 2 heterocycles. The topological polar surface area (TPSA) is 57.7 Å². The van der Waals surface area contributed by atoms with Gasteiger partial charge in [-0.05, 0) is 71.6 Å². The molecule has 0 unspecified atom stereocenters. The maximum atomic E-state index is 13.2. The Morgan fingerprint density at radius 1 is 1.20 bits per heavy atom. The number of amides is 1. The van der Waals surface area contributed by atoms with Crippen molar-refractivity contribution in [3.05, 3.63) is 22.2 Å². The molecule has 25 heavy (non-hydrogen) atoms. The monoisotopic (exact) mass is 426 g/mol. The lowest BCUT2D eigenvalue weighted by Crippen LogP contribution is -2.39. The molecule has 2 fully saturated rings. The third kappa shape index (κ3) is 3.15. The summed E-state index contributed by atoms with van der Waals surface area (Å²) in [7, 11) is -3.55. The van der Waals surface area contributed by atoms with Gasteiger partial charge < -0.3 is 4.90 Å². The van der Waals surface area contributed by atoms with Gasteiger partial charge in [0.05, 0.1) is 4.90 Å². The minimum Gasteiger partial charge on any atom is -0.312 e. The van der Waals surface area contributed by atoms with E-state index in [0.29, 0.717) is 30.0 Å². The molecule has 1 amide bonds. The summed E-state index contributed by atoms with van der Waals surface area (Å²) in [4.78, 5) is 14.6. The van der Waals surface area contributed by atoms with Crippen LogP contribution in [0.5, 0.6) is 0 Å². The Morgan fingerprint density at radius 2 is 1.96 bits per heavy atom. The Balaban J connectivity index is 1.70. The summed E-state index contributed by atoms with van der Waals surface area (Å²) >= 11 is 3.46. The van der Waals surface area contributed by atoms with E-state index < -0.39 is 10.0 Å². The summed E-state index contributed by atoms with van der Waals surface area (Å²) in [6.07, 6.45) is 4.67. The van der Waals surface area contributed by atoms with E-state index in [9.17, 15) is 13.2 Å². The molecule has 1 aromatic carbocycles. The van der Waals surface area contributed by atoms with Crippen LogP contribution >= 0.6 is 15.9 Å². The molecule has 0 aromatic heterocycles. The summed E-state index contributed by atoms with van der Waals surface area (Å²) in [5, 5.41) is 0. The van der Waals surface area contributed by atoms with Crippen molar-refractivity contribution >= 4 is 37.5 Å². The molecule has 0 bridgehead atoms. The Morgan fingerprint density at radius 3 is 2.64 bits per heavy atom. The van der Waals surface area contributed by atoms with E-state index in [-0.39, 0.29) is 16.7 Å². The van der Waals surface area contributed by atoms with Crippen LogP contribution in [0.2, 0.25) is 0 Å². The summed E-state index contributed by atoms with van der Waals surface area (Å²) < 4.78 is 28.5. The number of nitrogens with zero attached hydrogens (tertiary/aromatic N) is 2. The molecular weight excluding hydrogens is 404 g/mol. The second-order valence-corrected chi connectivity index (χ2v) is 10.3. The van der Waals surface area contributed by atoms with E-state index >= 15 is 0 Å². The number of carbonyl (C=O) groups excluding carboxylic acids is 1. The highest BCUT2D eigenvalue weighted by Crippen LogP contribution is 2.40. The van der Waals surface area contributed by atoms with Crippen molar-refractivity contribution in [3.8, 4) is 0 Å². The van der Waals surface area contributed by atoms with E-state index in [0.717, 1.165) is 43.4 Å². The molecule has 4 rings (SSSR count). The van der Waals surface area contributed by atoms with Crippen molar-refractivity contribution in [2.45, 2.75) is 43.9 Å². The minimum absolute atomic E-state index is 0.137. The number of hydrogen-bond acceptors (Lipinski definition) is 3. The molecular formula is C18H23BrN2O3S. The average molecular weight is 427 g/mol. The maximum Gasteiger partial charge on any atom is 0.244 e. The number of piperidine rings is 1. The van der Waals surface area contributed by atoms with Gasteiger partial charge in [-0.2, -0.15) is 4.31 Å². The number of benzene rings is 1. The smallest absolute Gasteiger partial charge is 0.244 e. The quantitative estimate of drug-likeness (QED) is 0.745. The first-order chi connectivity index (χ1) is 11.9. The minimum atomic E-state index is -3.55. The summed E-state index contributed by atoms with van der Waals surface area (Å²) in [5.74, 6) is 0.665. The third-order valence-electron chi connectivity index (χ3n) is 5.46. The maximum absolute atomic E-state index is 13.2. The predicted octanol–water partition coefficient (Wildman–Crippen LogP) is 3.17. The van der Waals surface area contributed by atoms with Crippen LogP contribution in [0.15, 0.2) is 21.5 Å². The van der Waals surface area contributed by atoms with E-state index in [4.69, 9.17) is 0 Å². The highest BCUT2D eigenvalue weighted by Gasteiger charge is 2.38. The normalized spacial score (nSPS) is 24.4. The Labute approximate surface area is 157 Å². The van der Waals surface area contributed by atoms with Crippen LogP contribution in [0.1, 0.15) is 38.2 Å². The van der Waals surface area contributed by atoms with Crippen molar-refractivity contribution in [2.24, 2.45) is 11.8 Å².